The van der Waals surface area contributed by atoms with Gasteiger partial charge in [0.25, 0.3) is 0 Å². The minimum Gasteiger partial charge on any atom is -0.499 e. The molecule has 0 fully saturated rings. The molecule has 0 saturated heterocycles. The Labute approximate surface area is 76.2 Å². The molecule has 0 saturated carbocycles. The summed E-state index contributed by atoms with van der Waals surface area (Å²) in [6.07, 6.45) is 4.11. The summed E-state index contributed by atoms with van der Waals surface area (Å²) < 4.78 is 5.26. The normalized spacial score (nSPS) is 12.3. The molecule has 2 nitrogen and oxygen atoms in total. The highest BCUT2D eigenvalue weighted by molar-refractivity contribution is 4.78. The molecule has 0 aromatic carbocycles. The van der Waals surface area contributed by atoms with Crippen LogP contribution in [0.25, 0.3) is 0 Å². The van der Waals surface area contributed by atoms with Gasteiger partial charge in [0.15, 0.2) is 0 Å². The van der Waals surface area contributed by atoms with Crippen LogP contribution in [0.15, 0.2) is 12.3 Å². The van der Waals surface area contributed by atoms with Crippen molar-refractivity contribution < 1.29 is 4.74 Å². The summed E-state index contributed by atoms with van der Waals surface area (Å²) >= 11 is 0. The van der Waals surface area contributed by atoms with E-state index in [1.54, 1.807) is 6.26 Å². The van der Waals surface area contributed by atoms with Crippen molar-refractivity contribution in [2.45, 2.75) is 39.8 Å². The maximum Gasteiger partial charge on any atom is 0.0922 e. The van der Waals surface area contributed by atoms with Gasteiger partial charge in [-0.05, 0) is 40.8 Å². The first-order valence-electron chi connectivity index (χ1n) is 4.54. The minimum atomic E-state index is 0.283. The van der Waals surface area contributed by atoms with Gasteiger partial charge in [-0.15, -0.1) is 0 Å². The maximum absolute atomic E-state index is 5.26. The van der Waals surface area contributed by atoms with Gasteiger partial charge in [-0.25, -0.2) is 0 Å². The summed E-state index contributed by atoms with van der Waals surface area (Å²) in [5.74, 6) is 0. The molecule has 72 valence electrons. The Kier molecular flexibility index (Phi) is 5.81. The fraction of sp³-hybridized carbons (Fsp3) is 0.800. The number of hydrogen-bond donors (Lipinski definition) is 0. The van der Waals surface area contributed by atoms with E-state index in [-0.39, 0.29) is 6.10 Å². The molecule has 2 heteroatoms. The molecule has 0 atom stereocenters. The second-order valence-corrected chi connectivity index (χ2v) is 3.59. The van der Waals surface area contributed by atoms with E-state index in [9.17, 15) is 0 Å². The van der Waals surface area contributed by atoms with E-state index in [2.05, 4.69) is 25.8 Å². The quantitative estimate of drug-likeness (QED) is 0.588. The molecule has 0 aliphatic carbocycles. The molecule has 0 unspecified atom stereocenters. The van der Waals surface area contributed by atoms with Crippen molar-refractivity contribution in [3.63, 3.8) is 0 Å². The van der Waals surface area contributed by atoms with Crippen molar-refractivity contribution in [2.75, 3.05) is 13.6 Å². The van der Waals surface area contributed by atoms with Gasteiger partial charge >= 0.3 is 0 Å². The van der Waals surface area contributed by atoms with Crippen LogP contribution in [0.4, 0.5) is 0 Å². The van der Waals surface area contributed by atoms with Crippen molar-refractivity contribution in [3.05, 3.63) is 12.3 Å². The number of ether oxygens (including phenoxy) is 1. The zero-order valence-electron chi connectivity index (χ0n) is 8.87. The topological polar surface area (TPSA) is 12.5 Å². The minimum absolute atomic E-state index is 0.283. The number of rotatable bonds is 5. The van der Waals surface area contributed by atoms with Crippen LogP contribution in [0.3, 0.4) is 0 Å². The van der Waals surface area contributed by atoms with Gasteiger partial charge in [0.1, 0.15) is 0 Å². The first kappa shape index (κ1) is 11.5. The SMILES string of the molecule is CC(C)O/C=C/CN(C)C(C)C. The molecule has 0 aliphatic rings. The van der Waals surface area contributed by atoms with Crippen LogP contribution < -0.4 is 0 Å². The summed E-state index contributed by atoms with van der Waals surface area (Å²) in [7, 11) is 2.10. The number of likely N-dealkylation sites (N-methyl/N-ethyl adjacent to an activating group) is 1. The molecular weight excluding hydrogens is 150 g/mol. The maximum atomic E-state index is 5.26. The first-order chi connectivity index (χ1) is 5.54. The van der Waals surface area contributed by atoms with Gasteiger partial charge in [-0.3, -0.25) is 0 Å². The predicted molar refractivity (Wildman–Crippen MR) is 53.1 cm³/mol. The molecule has 0 N–H and O–H groups in total. The van der Waals surface area contributed by atoms with Gasteiger partial charge in [-0.2, -0.15) is 0 Å². The second-order valence-electron chi connectivity index (χ2n) is 3.59. The Hall–Kier alpha value is -0.500. The van der Waals surface area contributed by atoms with E-state index in [4.69, 9.17) is 4.74 Å². The van der Waals surface area contributed by atoms with E-state index in [0.29, 0.717) is 6.04 Å². The zero-order chi connectivity index (χ0) is 9.56. The van der Waals surface area contributed by atoms with Gasteiger partial charge in [0.05, 0.1) is 12.4 Å². The van der Waals surface area contributed by atoms with Crippen LogP contribution in [0.1, 0.15) is 27.7 Å². The largest absolute Gasteiger partial charge is 0.499 e. The van der Waals surface area contributed by atoms with Gasteiger partial charge in [-0.1, -0.05) is 0 Å². The van der Waals surface area contributed by atoms with Crippen LogP contribution in [0.2, 0.25) is 0 Å². The fourth-order valence-corrected chi connectivity index (χ4v) is 0.633. The Morgan fingerprint density at radius 3 is 2.25 bits per heavy atom. The van der Waals surface area contributed by atoms with Crippen LogP contribution in [0, 0.1) is 0 Å². The predicted octanol–water partition coefficient (Wildman–Crippen LogP) is 2.27. The molecule has 0 aromatic heterocycles. The third-order valence-corrected chi connectivity index (χ3v) is 1.72. The number of nitrogens with zero attached hydrogens (tertiary/aromatic N) is 1. The smallest absolute Gasteiger partial charge is 0.0922 e. The lowest BCUT2D eigenvalue weighted by atomic mass is 10.3. The zero-order valence-corrected chi connectivity index (χ0v) is 8.87. The standard InChI is InChI=1S/C10H21NO/c1-9(2)11(5)7-6-8-12-10(3)4/h6,8-10H,7H2,1-5H3/b8-6+. The van der Waals surface area contributed by atoms with Crippen LogP contribution in [-0.4, -0.2) is 30.6 Å². The Morgan fingerprint density at radius 1 is 1.25 bits per heavy atom. The molecule has 0 aromatic rings. The molecule has 0 bridgehead atoms. The lowest BCUT2D eigenvalue weighted by Crippen LogP contribution is -2.26. The molecule has 0 rings (SSSR count). The van der Waals surface area contributed by atoms with Crippen molar-refractivity contribution in [1.82, 2.24) is 4.90 Å². The summed E-state index contributed by atoms with van der Waals surface area (Å²) in [5, 5.41) is 0. The van der Waals surface area contributed by atoms with Gasteiger partial charge in [0, 0.05) is 12.6 Å². The molecule has 0 heterocycles. The summed E-state index contributed by atoms with van der Waals surface area (Å²) in [5.41, 5.74) is 0. The summed E-state index contributed by atoms with van der Waals surface area (Å²) in [4.78, 5) is 2.25. The van der Waals surface area contributed by atoms with E-state index in [1.165, 1.54) is 0 Å². The van der Waals surface area contributed by atoms with E-state index in [0.717, 1.165) is 6.54 Å². The van der Waals surface area contributed by atoms with Crippen LogP contribution in [-0.2, 0) is 4.74 Å². The molecule has 0 radical (unpaired) electrons. The second kappa shape index (κ2) is 6.06. The number of hydrogen-bond acceptors (Lipinski definition) is 2. The Bertz CT molecular complexity index is 130. The van der Waals surface area contributed by atoms with Crippen LogP contribution >= 0.6 is 0 Å². The van der Waals surface area contributed by atoms with E-state index in [1.807, 2.05) is 19.9 Å². The average Bonchev–Trinajstić information content (AvgIpc) is 1.97. The summed E-state index contributed by atoms with van der Waals surface area (Å²) in [6.45, 7) is 9.35. The van der Waals surface area contributed by atoms with E-state index >= 15 is 0 Å². The highest BCUT2D eigenvalue weighted by Gasteiger charge is 1.98. The van der Waals surface area contributed by atoms with Gasteiger partial charge in [0.2, 0.25) is 0 Å². The highest BCUT2D eigenvalue weighted by Crippen LogP contribution is 1.94. The molecule has 0 spiro atoms. The molecule has 0 aliphatic heterocycles. The molecule has 12 heavy (non-hydrogen) atoms. The van der Waals surface area contributed by atoms with Crippen molar-refractivity contribution >= 4 is 0 Å². The molecule has 0 amide bonds. The van der Waals surface area contributed by atoms with Gasteiger partial charge < -0.3 is 9.64 Å². The fourth-order valence-electron chi connectivity index (χ4n) is 0.633. The lowest BCUT2D eigenvalue weighted by molar-refractivity contribution is 0.177. The highest BCUT2D eigenvalue weighted by atomic mass is 16.5. The monoisotopic (exact) mass is 171 g/mol. The van der Waals surface area contributed by atoms with Crippen molar-refractivity contribution in [1.29, 1.82) is 0 Å². The Morgan fingerprint density at radius 2 is 1.83 bits per heavy atom. The average molecular weight is 171 g/mol. The lowest BCUT2D eigenvalue weighted by Gasteiger charge is -2.18. The summed E-state index contributed by atoms with van der Waals surface area (Å²) in [6, 6.07) is 0.591. The third-order valence-electron chi connectivity index (χ3n) is 1.72. The van der Waals surface area contributed by atoms with E-state index < -0.39 is 0 Å². The Balaban J connectivity index is 3.46. The van der Waals surface area contributed by atoms with Crippen molar-refractivity contribution in [3.8, 4) is 0 Å². The third kappa shape index (κ3) is 6.23. The van der Waals surface area contributed by atoms with Crippen LogP contribution in [0.5, 0.6) is 0 Å². The van der Waals surface area contributed by atoms with Crippen molar-refractivity contribution in [2.24, 2.45) is 0 Å². The first-order valence-corrected chi connectivity index (χ1v) is 4.54. The molecular formula is C10H21NO.